The summed E-state index contributed by atoms with van der Waals surface area (Å²) in [6.07, 6.45) is 0.529. The van der Waals surface area contributed by atoms with Gasteiger partial charge in [-0.2, -0.15) is 9.78 Å². The number of fused-ring (bicyclic) bond motifs is 1. The van der Waals surface area contributed by atoms with E-state index in [1.54, 1.807) is 49.6 Å². The van der Waals surface area contributed by atoms with Crippen LogP contribution in [0.25, 0.3) is 22.3 Å². The number of carboxylic acids is 1. The van der Waals surface area contributed by atoms with E-state index in [-0.39, 0.29) is 11.5 Å². The molecule has 8 heteroatoms. The third-order valence-electron chi connectivity index (χ3n) is 6.03. The van der Waals surface area contributed by atoms with Crippen LogP contribution in [-0.4, -0.2) is 40.2 Å². The molecule has 1 heterocycles. The van der Waals surface area contributed by atoms with Gasteiger partial charge in [-0.3, -0.25) is 4.79 Å². The molecule has 0 amide bonds. The van der Waals surface area contributed by atoms with Crippen molar-refractivity contribution in [1.29, 1.82) is 0 Å². The summed E-state index contributed by atoms with van der Waals surface area (Å²) in [5.74, 6) is 0.703. The molecular formula is C29H29N3O5. The van der Waals surface area contributed by atoms with E-state index in [2.05, 4.69) is 18.9 Å². The Morgan fingerprint density at radius 2 is 1.84 bits per heavy atom. The molecule has 0 spiro atoms. The van der Waals surface area contributed by atoms with E-state index in [4.69, 9.17) is 19.6 Å². The third-order valence-corrected chi connectivity index (χ3v) is 6.03. The molecule has 0 radical (unpaired) electrons. The molecule has 0 fully saturated rings. The van der Waals surface area contributed by atoms with E-state index >= 15 is 0 Å². The Morgan fingerprint density at radius 3 is 2.54 bits per heavy atom. The average molecular weight is 500 g/mol. The smallest absolute Gasteiger partial charge is 0.344 e. The topological polar surface area (TPSA) is 103 Å². The lowest BCUT2D eigenvalue weighted by Gasteiger charge is -2.17. The molecule has 0 bridgehead atoms. The van der Waals surface area contributed by atoms with Gasteiger partial charge in [-0.15, -0.1) is 0 Å². The lowest BCUT2D eigenvalue weighted by molar-refractivity contribution is -0.144. The van der Waals surface area contributed by atoms with Gasteiger partial charge in [0, 0.05) is 5.56 Å². The van der Waals surface area contributed by atoms with Crippen LogP contribution in [0.2, 0.25) is 0 Å². The summed E-state index contributed by atoms with van der Waals surface area (Å²) in [5, 5.41) is 14.1. The molecule has 4 aromatic rings. The first kappa shape index (κ1) is 25.6. The normalized spacial score (nSPS) is 12.3. The van der Waals surface area contributed by atoms with E-state index in [0.29, 0.717) is 28.0 Å². The number of rotatable bonds is 8. The standard InChI is InChI=1S/C29H29N3O5/c1-17(2)23-15-24(18(3)13-26(23)36-5)27-31-25-12-7-6-11-22(25)28(33)32(27)30-16-20-9-8-10-21(14-20)37-19(4)29(34)35/h6-17,19H,1-5H3,(H,34,35)/t19-/m1/s1. The first-order valence-corrected chi connectivity index (χ1v) is 11.9. The average Bonchev–Trinajstić information content (AvgIpc) is 2.88. The molecule has 0 saturated heterocycles. The number of carboxylic acid groups (broad SMARTS) is 1. The van der Waals surface area contributed by atoms with Crippen molar-refractivity contribution in [1.82, 2.24) is 9.66 Å². The van der Waals surface area contributed by atoms with Crippen LogP contribution in [0.1, 0.15) is 43.4 Å². The lowest BCUT2D eigenvalue weighted by Crippen LogP contribution is -2.22. The number of nitrogens with zero attached hydrogens (tertiary/aromatic N) is 3. The van der Waals surface area contributed by atoms with Gasteiger partial charge in [-0.25, -0.2) is 9.78 Å². The Bertz CT molecular complexity index is 1560. The number of benzene rings is 3. The quantitative estimate of drug-likeness (QED) is 0.333. The molecule has 4 rings (SSSR count). The maximum absolute atomic E-state index is 13.6. The molecule has 190 valence electrons. The van der Waals surface area contributed by atoms with Gasteiger partial charge in [0.05, 0.1) is 24.2 Å². The maximum atomic E-state index is 13.6. The second-order valence-electron chi connectivity index (χ2n) is 9.05. The van der Waals surface area contributed by atoms with Crippen molar-refractivity contribution in [3.63, 3.8) is 0 Å². The van der Waals surface area contributed by atoms with E-state index in [9.17, 15) is 9.59 Å². The molecule has 8 nitrogen and oxygen atoms in total. The molecule has 0 aliphatic heterocycles. The fourth-order valence-corrected chi connectivity index (χ4v) is 4.02. The van der Waals surface area contributed by atoms with E-state index in [1.807, 2.05) is 25.1 Å². The number of para-hydroxylation sites is 1. The number of aryl methyl sites for hydroxylation is 1. The minimum atomic E-state index is -1.06. The zero-order valence-electron chi connectivity index (χ0n) is 21.4. The number of aliphatic carboxylic acids is 1. The van der Waals surface area contributed by atoms with Crippen molar-refractivity contribution in [2.75, 3.05) is 7.11 Å². The molecule has 0 aliphatic rings. The van der Waals surface area contributed by atoms with Gasteiger partial charge >= 0.3 is 5.97 Å². The van der Waals surface area contributed by atoms with Crippen molar-refractivity contribution < 1.29 is 19.4 Å². The second-order valence-corrected chi connectivity index (χ2v) is 9.05. The summed E-state index contributed by atoms with van der Waals surface area (Å²) in [6.45, 7) is 7.56. The zero-order chi connectivity index (χ0) is 26.7. The Morgan fingerprint density at radius 1 is 1.08 bits per heavy atom. The molecule has 37 heavy (non-hydrogen) atoms. The van der Waals surface area contributed by atoms with Gasteiger partial charge in [-0.05, 0) is 72.9 Å². The summed E-state index contributed by atoms with van der Waals surface area (Å²) in [7, 11) is 1.64. The number of aromatic nitrogens is 2. The Balaban J connectivity index is 1.88. The highest BCUT2D eigenvalue weighted by molar-refractivity contribution is 5.83. The zero-order valence-corrected chi connectivity index (χ0v) is 21.4. The molecule has 0 saturated carbocycles. The number of ether oxygens (including phenoxy) is 2. The van der Waals surface area contributed by atoms with Crippen molar-refractivity contribution in [3.8, 4) is 22.9 Å². The fourth-order valence-electron chi connectivity index (χ4n) is 4.02. The van der Waals surface area contributed by atoms with Crippen LogP contribution in [0.5, 0.6) is 11.5 Å². The van der Waals surface area contributed by atoms with Gasteiger partial charge in [0.15, 0.2) is 11.9 Å². The number of methoxy groups -OCH3 is 1. The molecule has 1 aromatic heterocycles. The lowest BCUT2D eigenvalue weighted by atomic mass is 9.96. The third kappa shape index (κ3) is 5.38. The Labute approximate surface area is 214 Å². The van der Waals surface area contributed by atoms with E-state index < -0.39 is 12.1 Å². The molecular weight excluding hydrogens is 470 g/mol. The minimum Gasteiger partial charge on any atom is -0.496 e. The molecule has 3 aromatic carbocycles. The fraction of sp³-hybridized carbons (Fsp3) is 0.241. The molecule has 0 unspecified atom stereocenters. The number of hydrogen-bond acceptors (Lipinski definition) is 6. The highest BCUT2D eigenvalue weighted by Crippen LogP contribution is 2.34. The second kappa shape index (κ2) is 10.7. The number of hydrogen-bond donors (Lipinski definition) is 1. The monoisotopic (exact) mass is 499 g/mol. The van der Waals surface area contributed by atoms with E-state index in [0.717, 1.165) is 22.4 Å². The van der Waals surface area contributed by atoms with Crippen molar-refractivity contribution in [2.24, 2.45) is 5.10 Å². The van der Waals surface area contributed by atoms with Crippen LogP contribution < -0.4 is 15.0 Å². The van der Waals surface area contributed by atoms with Crippen molar-refractivity contribution >= 4 is 23.1 Å². The summed E-state index contributed by atoms with van der Waals surface area (Å²) >= 11 is 0. The van der Waals surface area contributed by atoms with Crippen molar-refractivity contribution in [3.05, 3.63) is 87.7 Å². The van der Waals surface area contributed by atoms with Crippen LogP contribution in [-0.2, 0) is 4.79 Å². The SMILES string of the molecule is COc1cc(C)c(-c2nc3ccccc3c(=O)n2N=Cc2cccc(O[C@H](C)C(=O)O)c2)cc1C(C)C. The summed E-state index contributed by atoms with van der Waals surface area (Å²) in [4.78, 5) is 29.6. The van der Waals surface area contributed by atoms with Gasteiger partial charge in [-0.1, -0.05) is 38.1 Å². The van der Waals surface area contributed by atoms with Gasteiger partial charge in [0.2, 0.25) is 0 Å². The van der Waals surface area contributed by atoms with Crippen LogP contribution in [0.4, 0.5) is 0 Å². The first-order chi connectivity index (χ1) is 17.7. The van der Waals surface area contributed by atoms with Crippen LogP contribution in [0, 0.1) is 6.92 Å². The largest absolute Gasteiger partial charge is 0.496 e. The number of carbonyl (C=O) groups is 1. The van der Waals surface area contributed by atoms with Crippen molar-refractivity contribution in [2.45, 2.75) is 39.7 Å². The minimum absolute atomic E-state index is 0.189. The van der Waals surface area contributed by atoms with Crippen LogP contribution >= 0.6 is 0 Å². The predicted octanol–water partition coefficient (Wildman–Crippen LogP) is 5.24. The van der Waals surface area contributed by atoms with E-state index in [1.165, 1.54) is 17.8 Å². The Kier molecular flexibility index (Phi) is 7.38. The van der Waals surface area contributed by atoms with Gasteiger partial charge < -0.3 is 14.6 Å². The molecule has 1 atom stereocenters. The van der Waals surface area contributed by atoms with Crippen LogP contribution in [0.15, 0.2) is 70.6 Å². The highest BCUT2D eigenvalue weighted by atomic mass is 16.5. The molecule has 0 aliphatic carbocycles. The summed E-state index contributed by atoms with van der Waals surface area (Å²) < 4.78 is 12.4. The van der Waals surface area contributed by atoms with Crippen LogP contribution in [0.3, 0.4) is 0 Å². The predicted molar refractivity (Wildman–Crippen MR) is 144 cm³/mol. The summed E-state index contributed by atoms with van der Waals surface area (Å²) in [6, 6.07) is 18.0. The Hall–Kier alpha value is -4.46. The molecule has 1 N–H and O–H groups in total. The maximum Gasteiger partial charge on any atom is 0.344 e. The highest BCUT2D eigenvalue weighted by Gasteiger charge is 2.18. The van der Waals surface area contributed by atoms with Gasteiger partial charge in [0.25, 0.3) is 5.56 Å². The first-order valence-electron chi connectivity index (χ1n) is 11.9. The summed E-state index contributed by atoms with van der Waals surface area (Å²) in [5.41, 5.74) is 3.58. The van der Waals surface area contributed by atoms with Gasteiger partial charge in [0.1, 0.15) is 11.5 Å².